The van der Waals surface area contributed by atoms with Gasteiger partial charge in [0.25, 0.3) is 0 Å². The third-order valence-corrected chi connectivity index (χ3v) is 4.14. The van der Waals surface area contributed by atoms with Crippen molar-refractivity contribution < 1.29 is 0 Å². The number of aromatic nitrogens is 2. The molecule has 1 aliphatic heterocycles. The van der Waals surface area contributed by atoms with Crippen LogP contribution in [-0.2, 0) is 0 Å². The molecule has 0 atom stereocenters. The molecule has 1 aromatic rings. The van der Waals surface area contributed by atoms with Crippen LogP contribution in [0.15, 0.2) is 18.3 Å². The second-order valence-electron chi connectivity index (χ2n) is 5.39. The van der Waals surface area contributed by atoms with E-state index < -0.39 is 0 Å². The van der Waals surface area contributed by atoms with Gasteiger partial charge in [0.1, 0.15) is 5.82 Å². The fourth-order valence-electron chi connectivity index (χ4n) is 3.08. The quantitative estimate of drug-likeness (QED) is 0.772. The molecule has 2 heterocycles. The lowest BCUT2D eigenvalue weighted by Crippen LogP contribution is -2.51. The minimum absolute atomic E-state index is 0.551. The molecule has 5 heteroatoms. The number of nitrogens with one attached hydrogen (secondary N) is 1. The fraction of sp³-hybridized carbons (Fsp3) is 0.667. The van der Waals surface area contributed by atoms with Gasteiger partial charge in [-0.25, -0.2) is 0 Å². The van der Waals surface area contributed by atoms with Crippen molar-refractivity contribution in [1.29, 1.82) is 0 Å². The lowest BCUT2D eigenvalue weighted by molar-refractivity contribution is 0.0489. The fourth-order valence-corrected chi connectivity index (χ4v) is 3.08. The molecule has 2 radical (unpaired) electrons. The Bertz CT molecular complexity index is 367. The van der Waals surface area contributed by atoms with E-state index in [4.69, 9.17) is 7.98 Å². The highest BCUT2D eigenvalue weighted by Gasteiger charge is 2.45. The zero-order valence-corrected chi connectivity index (χ0v) is 9.97. The standard InChI is InChI=1S/C12H17BN4/c13-17-6-3-12(4-7-17)8-10(9-12)15-11-2-1-5-14-16-11/h1-2,5,10H,3-4,6-9H2,(H,15,16). The van der Waals surface area contributed by atoms with E-state index in [1.165, 1.54) is 25.7 Å². The molecule has 88 valence electrons. The van der Waals surface area contributed by atoms with E-state index in [1.54, 1.807) is 6.20 Å². The second-order valence-corrected chi connectivity index (χ2v) is 5.39. The van der Waals surface area contributed by atoms with E-state index in [9.17, 15) is 0 Å². The van der Waals surface area contributed by atoms with Gasteiger partial charge in [0.2, 0.25) is 0 Å². The molecule has 1 N–H and O–H groups in total. The van der Waals surface area contributed by atoms with Crippen molar-refractivity contribution in [3.63, 3.8) is 0 Å². The van der Waals surface area contributed by atoms with Crippen LogP contribution in [0.4, 0.5) is 5.82 Å². The minimum Gasteiger partial charge on any atom is -0.366 e. The monoisotopic (exact) mass is 228 g/mol. The zero-order valence-electron chi connectivity index (χ0n) is 9.97. The van der Waals surface area contributed by atoms with Crippen molar-refractivity contribution in [2.75, 3.05) is 18.4 Å². The Kier molecular flexibility index (Phi) is 2.78. The van der Waals surface area contributed by atoms with Crippen molar-refractivity contribution in [1.82, 2.24) is 15.0 Å². The van der Waals surface area contributed by atoms with Crippen LogP contribution in [0.5, 0.6) is 0 Å². The van der Waals surface area contributed by atoms with Gasteiger partial charge >= 0.3 is 0 Å². The first-order valence-corrected chi connectivity index (χ1v) is 6.30. The van der Waals surface area contributed by atoms with E-state index in [2.05, 4.69) is 15.5 Å². The molecule has 0 aromatic carbocycles. The van der Waals surface area contributed by atoms with Crippen LogP contribution in [0.25, 0.3) is 0 Å². The Hall–Kier alpha value is -1.10. The van der Waals surface area contributed by atoms with Crippen molar-refractivity contribution in [2.24, 2.45) is 5.41 Å². The predicted molar refractivity (Wildman–Crippen MR) is 67.7 cm³/mol. The molecule has 1 aromatic heterocycles. The van der Waals surface area contributed by atoms with Crippen LogP contribution in [0.3, 0.4) is 0 Å². The summed E-state index contributed by atoms with van der Waals surface area (Å²) in [5, 5.41) is 11.4. The van der Waals surface area contributed by atoms with E-state index in [1.807, 2.05) is 16.9 Å². The molecule has 0 bridgehead atoms. The summed E-state index contributed by atoms with van der Waals surface area (Å²) < 4.78 is 0. The Labute approximate surface area is 103 Å². The van der Waals surface area contributed by atoms with E-state index in [-0.39, 0.29) is 0 Å². The van der Waals surface area contributed by atoms with Gasteiger partial charge in [0, 0.05) is 12.2 Å². The van der Waals surface area contributed by atoms with Gasteiger partial charge < -0.3 is 10.1 Å². The third-order valence-electron chi connectivity index (χ3n) is 4.14. The highest BCUT2D eigenvalue weighted by Crippen LogP contribution is 2.49. The summed E-state index contributed by atoms with van der Waals surface area (Å²) >= 11 is 0. The Balaban J connectivity index is 1.51. The molecule has 1 spiro atoms. The van der Waals surface area contributed by atoms with Gasteiger partial charge in [-0.3, -0.25) is 0 Å². The summed E-state index contributed by atoms with van der Waals surface area (Å²) in [6.07, 6.45) is 6.67. The third kappa shape index (κ3) is 2.29. The summed E-state index contributed by atoms with van der Waals surface area (Å²) in [4.78, 5) is 1.94. The normalized spacial score (nSPS) is 24.5. The van der Waals surface area contributed by atoms with Crippen molar-refractivity contribution in [3.8, 4) is 0 Å². The molecule has 1 saturated carbocycles. The number of hydrogen-bond donors (Lipinski definition) is 1. The number of hydrogen-bond acceptors (Lipinski definition) is 4. The van der Waals surface area contributed by atoms with Crippen molar-refractivity contribution in [3.05, 3.63) is 18.3 Å². The van der Waals surface area contributed by atoms with Crippen molar-refractivity contribution >= 4 is 13.8 Å². The topological polar surface area (TPSA) is 41.0 Å². The Morgan fingerprint density at radius 2 is 2.12 bits per heavy atom. The number of nitrogens with zero attached hydrogens (tertiary/aromatic N) is 3. The molecule has 2 aliphatic rings. The molecule has 0 amide bonds. The van der Waals surface area contributed by atoms with Crippen LogP contribution in [0.1, 0.15) is 25.7 Å². The van der Waals surface area contributed by atoms with Gasteiger partial charge in [-0.2, -0.15) is 5.10 Å². The maximum absolute atomic E-state index is 5.79. The lowest BCUT2D eigenvalue weighted by atomic mass is 9.60. The maximum Gasteiger partial charge on any atom is 0.182 e. The summed E-state index contributed by atoms with van der Waals surface area (Å²) in [6, 6.07) is 4.45. The molecule has 1 aliphatic carbocycles. The van der Waals surface area contributed by atoms with E-state index >= 15 is 0 Å². The smallest absolute Gasteiger partial charge is 0.182 e. The SMILES string of the molecule is [B]N1CCC2(CC1)CC(Nc1cccnn1)C2. The summed E-state index contributed by atoms with van der Waals surface area (Å²) in [7, 11) is 5.79. The molecule has 17 heavy (non-hydrogen) atoms. The number of piperidine rings is 1. The van der Waals surface area contributed by atoms with Gasteiger partial charge in [0.05, 0.1) is 0 Å². The Morgan fingerprint density at radius 1 is 1.35 bits per heavy atom. The summed E-state index contributed by atoms with van der Waals surface area (Å²) in [5.74, 6) is 0.892. The Morgan fingerprint density at radius 3 is 2.76 bits per heavy atom. The van der Waals surface area contributed by atoms with Crippen LogP contribution in [-0.4, -0.2) is 42.1 Å². The summed E-state index contributed by atoms with van der Waals surface area (Å²) in [6.45, 7) is 2.08. The van der Waals surface area contributed by atoms with E-state index in [0.29, 0.717) is 11.5 Å². The van der Waals surface area contributed by atoms with E-state index in [0.717, 1.165) is 18.9 Å². The largest absolute Gasteiger partial charge is 0.366 e. The lowest BCUT2D eigenvalue weighted by Gasteiger charge is -2.52. The molecular weight excluding hydrogens is 211 g/mol. The molecular formula is C12H17BN4. The van der Waals surface area contributed by atoms with Gasteiger partial charge in [-0.05, 0) is 56.3 Å². The van der Waals surface area contributed by atoms with Gasteiger partial charge in [0.15, 0.2) is 7.98 Å². The van der Waals surface area contributed by atoms with Gasteiger partial charge in [-0.1, -0.05) is 0 Å². The minimum atomic E-state index is 0.551. The number of anilines is 1. The van der Waals surface area contributed by atoms with Crippen LogP contribution >= 0.6 is 0 Å². The highest BCUT2D eigenvalue weighted by atomic mass is 15.2. The summed E-state index contributed by atoms with van der Waals surface area (Å²) in [5.41, 5.74) is 0.551. The maximum atomic E-state index is 5.79. The van der Waals surface area contributed by atoms with Gasteiger partial charge in [-0.15, -0.1) is 5.10 Å². The van der Waals surface area contributed by atoms with Crippen LogP contribution in [0.2, 0.25) is 0 Å². The first kappa shape index (κ1) is 11.0. The predicted octanol–water partition coefficient (Wildman–Crippen LogP) is 1.22. The average Bonchev–Trinajstić information content (AvgIpc) is 2.31. The second kappa shape index (κ2) is 4.29. The first-order valence-electron chi connectivity index (χ1n) is 6.30. The van der Waals surface area contributed by atoms with Crippen molar-refractivity contribution in [2.45, 2.75) is 31.7 Å². The first-order chi connectivity index (χ1) is 8.26. The van der Waals surface area contributed by atoms with Crippen LogP contribution < -0.4 is 5.32 Å². The average molecular weight is 228 g/mol. The molecule has 4 nitrogen and oxygen atoms in total. The molecule has 0 unspecified atom stereocenters. The number of rotatable bonds is 2. The molecule has 1 saturated heterocycles. The molecule has 2 fully saturated rings. The zero-order chi connectivity index (χ0) is 11.7. The highest BCUT2D eigenvalue weighted by molar-refractivity contribution is 6.04. The van der Waals surface area contributed by atoms with Crippen LogP contribution in [0, 0.1) is 5.41 Å². The molecule has 3 rings (SSSR count).